The number of esters is 1. The molecule has 0 aliphatic heterocycles. The van der Waals surface area contributed by atoms with Crippen LogP contribution in [0.15, 0.2) is 24.3 Å². The van der Waals surface area contributed by atoms with Gasteiger partial charge in [-0.15, -0.1) is 0 Å². The van der Waals surface area contributed by atoms with E-state index >= 15 is 0 Å². The lowest BCUT2D eigenvalue weighted by Crippen LogP contribution is -2.47. The van der Waals surface area contributed by atoms with E-state index in [4.69, 9.17) is 4.74 Å². The first-order valence-corrected chi connectivity index (χ1v) is 7.52. The number of carbonyl (C=O) groups is 1. The van der Waals surface area contributed by atoms with Crippen LogP contribution in [0, 0.1) is 5.82 Å². The molecule has 0 bridgehead atoms. The van der Waals surface area contributed by atoms with Crippen LogP contribution in [0.2, 0.25) is 0 Å². The second-order valence-corrected chi connectivity index (χ2v) is 4.78. The summed E-state index contributed by atoms with van der Waals surface area (Å²) in [4.78, 5) is 14.0. The number of nitrogens with zero attached hydrogens (tertiary/aromatic N) is 1. The molecular weight excluding hydrogens is 271 g/mol. The second-order valence-electron chi connectivity index (χ2n) is 4.78. The van der Waals surface area contributed by atoms with Crippen LogP contribution in [0.4, 0.5) is 10.1 Å². The summed E-state index contributed by atoms with van der Waals surface area (Å²) in [5.74, 6) is -0.541. The van der Waals surface area contributed by atoms with Gasteiger partial charge in [0, 0.05) is 18.8 Å². The van der Waals surface area contributed by atoms with Crippen molar-refractivity contribution in [3.8, 4) is 0 Å². The van der Waals surface area contributed by atoms with Gasteiger partial charge >= 0.3 is 5.97 Å². The molecular formula is C16H25FN2O2. The van der Waals surface area contributed by atoms with Gasteiger partial charge < -0.3 is 15.0 Å². The predicted molar refractivity (Wildman–Crippen MR) is 83.0 cm³/mol. The molecule has 1 rings (SSSR count). The van der Waals surface area contributed by atoms with E-state index in [9.17, 15) is 9.18 Å². The van der Waals surface area contributed by atoms with Gasteiger partial charge in [-0.2, -0.15) is 0 Å². The number of benzene rings is 1. The normalized spacial score (nSPS) is 12.0. The number of halogens is 1. The molecule has 0 heterocycles. The number of hydrogen-bond donors (Lipinski definition) is 1. The van der Waals surface area contributed by atoms with Crippen molar-refractivity contribution in [1.82, 2.24) is 5.32 Å². The van der Waals surface area contributed by atoms with Gasteiger partial charge in [0.25, 0.3) is 0 Å². The summed E-state index contributed by atoms with van der Waals surface area (Å²) in [5, 5.41) is 3.19. The molecule has 4 nitrogen and oxygen atoms in total. The van der Waals surface area contributed by atoms with Crippen molar-refractivity contribution in [3.05, 3.63) is 30.1 Å². The number of hydrogen-bond acceptors (Lipinski definition) is 4. The van der Waals surface area contributed by atoms with Crippen molar-refractivity contribution in [1.29, 1.82) is 0 Å². The lowest BCUT2D eigenvalue weighted by molar-refractivity contribution is -0.145. The summed E-state index contributed by atoms with van der Waals surface area (Å²) in [6, 6.07) is 6.00. The molecule has 0 spiro atoms. The smallest absolute Gasteiger partial charge is 0.324 e. The van der Waals surface area contributed by atoms with E-state index in [1.165, 1.54) is 12.1 Å². The molecule has 118 valence electrons. The summed E-state index contributed by atoms with van der Waals surface area (Å²) in [6.07, 6.45) is 0.933. The molecule has 21 heavy (non-hydrogen) atoms. The Bertz CT molecular complexity index is 440. The van der Waals surface area contributed by atoms with Gasteiger partial charge in [-0.25, -0.2) is 4.39 Å². The van der Waals surface area contributed by atoms with Crippen LogP contribution in [-0.4, -0.2) is 38.3 Å². The van der Waals surface area contributed by atoms with Gasteiger partial charge in [0.2, 0.25) is 0 Å². The Morgan fingerprint density at radius 2 is 2.14 bits per heavy atom. The average molecular weight is 296 g/mol. The Morgan fingerprint density at radius 1 is 1.38 bits per heavy atom. The molecule has 5 heteroatoms. The van der Waals surface area contributed by atoms with Gasteiger partial charge in [0.1, 0.15) is 11.9 Å². The molecule has 0 saturated carbocycles. The van der Waals surface area contributed by atoms with E-state index < -0.39 is 6.04 Å². The zero-order chi connectivity index (χ0) is 15.7. The summed E-state index contributed by atoms with van der Waals surface area (Å²) in [5.41, 5.74) is 0.769. The van der Waals surface area contributed by atoms with Crippen molar-refractivity contribution in [2.75, 3.05) is 31.1 Å². The summed E-state index contributed by atoms with van der Waals surface area (Å²) >= 11 is 0. The standard InChI is InChI=1S/C16H25FN2O2/c1-4-10-18-15(16(20)21-6-3)12-19(5-2)14-9-7-8-13(17)11-14/h7-9,11,15,18H,4-6,10,12H2,1-3H3. The van der Waals surface area contributed by atoms with Crippen molar-refractivity contribution in [2.24, 2.45) is 0 Å². The molecule has 1 unspecified atom stereocenters. The van der Waals surface area contributed by atoms with Crippen LogP contribution in [0.25, 0.3) is 0 Å². The third kappa shape index (κ3) is 5.71. The highest BCUT2D eigenvalue weighted by atomic mass is 19.1. The minimum atomic E-state index is -0.409. The van der Waals surface area contributed by atoms with Gasteiger partial charge in [0.15, 0.2) is 0 Å². The van der Waals surface area contributed by atoms with Gasteiger partial charge in [-0.1, -0.05) is 13.0 Å². The molecule has 0 saturated heterocycles. The van der Waals surface area contributed by atoms with Crippen LogP contribution in [0.5, 0.6) is 0 Å². The summed E-state index contributed by atoms with van der Waals surface area (Å²) in [6.45, 7) is 8.05. The predicted octanol–water partition coefficient (Wildman–Crippen LogP) is 2.58. The highest BCUT2D eigenvalue weighted by molar-refractivity contribution is 5.76. The maximum Gasteiger partial charge on any atom is 0.324 e. The Morgan fingerprint density at radius 3 is 2.71 bits per heavy atom. The Balaban J connectivity index is 2.80. The molecule has 1 aromatic carbocycles. The monoisotopic (exact) mass is 296 g/mol. The molecule has 0 fully saturated rings. The minimum absolute atomic E-state index is 0.263. The van der Waals surface area contributed by atoms with Crippen LogP contribution < -0.4 is 10.2 Å². The Kier molecular flexibility index (Phi) is 7.75. The highest BCUT2D eigenvalue weighted by Gasteiger charge is 2.22. The maximum atomic E-state index is 13.3. The first kappa shape index (κ1) is 17.4. The number of carbonyl (C=O) groups excluding carboxylic acids is 1. The fourth-order valence-electron chi connectivity index (χ4n) is 2.09. The second kappa shape index (κ2) is 9.34. The van der Waals surface area contributed by atoms with Crippen LogP contribution in [-0.2, 0) is 9.53 Å². The molecule has 0 radical (unpaired) electrons. The SMILES string of the molecule is CCCNC(CN(CC)c1cccc(F)c1)C(=O)OCC. The van der Waals surface area contributed by atoms with E-state index in [0.29, 0.717) is 19.7 Å². The largest absolute Gasteiger partial charge is 0.465 e. The van der Waals surface area contributed by atoms with Crippen molar-refractivity contribution in [3.63, 3.8) is 0 Å². The zero-order valence-electron chi connectivity index (χ0n) is 13.1. The number of anilines is 1. The fourth-order valence-corrected chi connectivity index (χ4v) is 2.09. The minimum Gasteiger partial charge on any atom is -0.465 e. The highest BCUT2D eigenvalue weighted by Crippen LogP contribution is 2.15. The molecule has 0 amide bonds. The van der Waals surface area contributed by atoms with E-state index in [-0.39, 0.29) is 11.8 Å². The quantitative estimate of drug-likeness (QED) is 0.711. The number of likely N-dealkylation sites (N-methyl/N-ethyl adjacent to an activating group) is 1. The van der Waals surface area contributed by atoms with Gasteiger partial charge in [-0.05, 0) is 45.0 Å². The number of nitrogens with one attached hydrogen (secondary N) is 1. The number of ether oxygens (including phenoxy) is 1. The maximum absolute atomic E-state index is 13.3. The van der Waals surface area contributed by atoms with E-state index in [0.717, 1.165) is 18.7 Å². The molecule has 0 aliphatic carbocycles. The first-order chi connectivity index (χ1) is 10.1. The van der Waals surface area contributed by atoms with E-state index in [1.54, 1.807) is 13.0 Å². The zero-order valence-corrected chi connectivity index (χ0v) is 13.1. The van der Waals surface area contributed by atoms with Crippen molar-refractivity contribution >= 4 is 11.7 Å². The van der Waals surface area contributed by atoms with Gasteiger partial charge in [0.05, 0.1) is 6.61 Å². The summed E-state index contributed by atoms with van der Waals surface area (Å²) in [7, 11) is 0. The number of rotatable bonds is 9. The molecule has 1 N–H and O–H groups in total. The van der Waals surface area contributed by atoms with Crippen LogP contribution in [0.1, 0.15) is 27.2 Å². The lowest BCUT2D eigenvalue weighted by Gasteiger charge is -2.28. The first-order valence-electron chi connectivity index (χ1n) is 7.52. The van der Waals surface area contributed by atoms with Crippen molar-refractivity contribution < 1.29 is 13.9 Å². The third-order valence-electron chi connectivity index (χ3n) is 3.17. The van der Waals surface area contributed by atoms with Crippen LogP contribution in [0.3, 0.4) is 0 Å². The third-order valence-corrected chi connectivity index (χ3v) is 3.17. The fraction of sp³-hybridized carbons (Fsp3) is 0.562. The topological polar surface area (TPSA) is 41.6 Å². The van der Waals surface area contributed by atoms with E-state index in [2.05, 4.69) is 5.32 Å². The van der Waals surface area contributed by atoms with Gasteiger partial charge in [-0.3, -0.25) is 4.79 Å². The van der Waals surface area contributed by atoms with Crippen LogP contribution >= 0.6 is 0 Å². The average Bonchev–Trinajstić information content (AvgIpc) is 2.47. The van der Waals surface area contributed by atoms with Crippen molar-refractivity contribution in [2.45, 2.75) is 33.2 Å². The lowest BCUT2D eigenvalue weighted by atomic mass is 10.2. The molecule has 1 aromatic rings. The van der Waals surface area contributed by atoms with E-state index in [1.807, 2.05) is 24.8 Å². The Hall–Kier alpha value is -1.62. The summed E-state index contributed by atoms with van der Waals surface area (Å²) < 4.78 is 18.5. The molecule has 0 aliphatic rings. The molecule has 0 aromatic heterocycles. The Labute approximate surface area is 126 Å². The molecule has 1 atom stereocenters.